The fourth-order valence-electron chi connectivity index (χ4n) is 3.81. The second-order valence-electron chi connectivity index (χ2n) is 7.91. The molecule has 0 unspecified atom stereocenters. The summed E-state index contributed by atoms with van der Waals surface area (Å²) in [5, 5.41) is 5.26. The Morgan fingerprint density at radius 2 is 1.83 bits per heavy atom. The van der Waals surface area contributed by atoms with Crippen molar-refractivity contribution in [3.8, 4) is 5.75 Å². The number of fused-ring (bicyclic) bond motifs is 1. The Bertz CT molecular complexity index is 1020. The number of methoxy groups -OCH3 is 1. The van der Waals surface area contributed by atoms with Crippen LogP contribution in [0.1, 0.15) is 19.4 Å². The molecule has 2 heterocycles. The van der Waals surface area contributed by atoms with Gasteiger partial charge in [-0.2, -0.15) is 4.98 Å². The minimum absolute atomic E-state index is 0.306. The van der Waals surface area contributed by atoms with Gasteiger partial charge >= 0.3 is 0 Å². The van der Waals surface area contributed by atoms with Crippen molar-refractivity contribution in [2.75, 3.05) is 43.5 Å². The van der Waals surface area contributed by atoms with E-state index in [2.05, 4.69) is 35.0 Å². The molecule has 0 radical (unpaired) electrons. The minimum atomic E-state index is 0.306. The summed E-state index contributed by atoms with van der Waals surface area (Å²) in [6, 6.07) is 14.3. The van der Waals surface area contributed by atoms with Crippen molar-refractivity contribution in [3.63, 3.8) is 0 Å². The van der Waals surface area contributed by atoms with Crippen molar-refractivity contribution < 1.29 is 4.74 Å². The summed E-state index contributed by atoms with van der Waals surface area (Å²) in [5.41, 5.74) is 2.08. The van der Waals surface area contributed by atoms with Gasteiger partial charge in [-0.25, -0.2) is 4.98 Å². The number of halogens is 1. The Labute approximate surface area is 182 Å². The van der Waals surface area contributed by atoms with Crippen LogP contribution in [0.2, 0.25) is 5.02 Å². The quantitative estimate of drug-likeness (QED) is 0.630. The highest BCUT2D eigenvalue weighted by Crippen LogP contribution is 2.27. The molecule has 158 valence electrons. The Kier molecular flexibility index (Phi) is 6.25. The van der Waals surface area contributed by atoms with E-state index in [9.17, 15) is 0 Å². The van der Waals surface area contributed by atoms with E-state index in [0.717, 1.165) is 71.7 Å². The summed E-state index contributed by atoms with van der Waals surface area (Å²) in [4.78, 5) is 14.4. The van der Waals surface area contributed by atoms with Gasteiger partial charge < -0.3 is 15.0 Å². The lowest BCUT2D eigenvalue weighted by Crippen LogP contribution is -2.46. The van der Waals surface area contributed by atoms with Gasteiger partial charge in [0.15, 0.2) is 0 Å². The molecule has 1 aromatic heterocycles. The summed E-state index contributed by atoms with van der Waals surface area (Å²) in [6.45, 7) is 8.68. The molecule has 1 fully saturated rings. The van der Waals surface area contributed by atoms with Gasteiger partial charge in [-0.15, -0.1) is 0 Å². The molecule has 30 heavy (non-hydrogen) atoms. The first-order valence-corrected chi connectivity index (χ1v) is 10.7. The molecule has 1 N–H and O–H groups in total. The molecule has 1 aliphatic heterocycles. The van der Waals surface area contributed by atoms with Crippen LogP contribution in [0, 0.1) is 0 Å². The zero-order valence-electron chi connectivity index (χ0n) is 17.7. The van der Waals surface area contributed by atoms with Gasteiger partial charge in [0.25, 0.3) is 0 Å². The normalized spacial score (nSPS) is 15.0. The predicted molar refractivity (Wildman–Crippen MR) is 124 cm³/mol. The third-order valence-electron chi connectivity index (χ3n) is 5.31. The number of ether oxygens (including phenoxy) is 1. The van der Waals surface area contributed by atoms with E-state index in [1.807, 2.05) is 36.4 Å². The van der Waals surface area contributed by atoms with Gasteiger partial charge in [-0.3, -0.25) is 4.90 Å². The number of anilines is 2. The lowest BCUT2D eigenvalue weighted by Gasteiger charge is -2.35. The molecule has 1 aliphatic rings. The zero-order chi connectivity index (χ0) is 21.1. The third kappa shape index (κ3) is 4.60. The van der Waals surface area contributed by atoms with Gasteiger partial charge in [-0.1, -0.05) is 23.7 Å². The molecular formula is C23H28ClN5O. The summed E-state index contributed by atoms with van der Waals surface area (Å²) in [5.74, 6) is 2.57. The molecule has 0 saturated carbocycles. The number of hydrogen-bond donors (Lipinski definition) is 1. The van der Waals surface area contributed by atoms with Crippen molar-refractivity contribution in [1.82, 2.24) is 14.9 Å². The molecule has 0 atom stereocenters. The molecule has 4 rings (SSSR count). The van der Waals surface area contributed by atoms with Crippen molar-refractivity contribution in [3.05, 3.63) is 53.1 Å². The zero-order valence-corrected chi connectivity index (χ0v) is 18.5. The lowest BCUT2D eigenvalue weighted by molar-refractivity contribution is 0.245. The number of aromatic nitrogens is 2. The number of hydrogen-bond acceptors (Lipinski definition) is 6. The van der Waals surface area contributed by atoms with Crippen molar-refractivity contribution in [2.24, 2.45) is 0 Å². The number of piperazine rings is 1. The maximum Gasteiger partial charge on any atom is 0.227 e. The molecular weight excluding hydrogens is 398 g/mol. The first kappa shape index (κ1) is 20.7. The fourth-order valence-corrected chi connectivity index (χ4v) is 4.00. The average molecular weight is 426 g/mol. The smallest absolute Gasteiger partial charge is 0.227 e. The average Bonchev–Trinajstić information content (AvgIpc) is 2.74. The van der Waals surface area contributed by atoms with Crippen LogP contribution < -0.4 is 15.0 Å². The molecule has 0 aliphatic carbocycles. The maximum absolute atomic E-state index is 6.19. The summed E-state index contributed by atoms with van der Waals surface area (Å²) in [6.07, 6.45) is 0. The number of nitrogens with one attached hydrogen (secondary N) is 1. The van der Waals surface area contributed by atoms with E-state index in [4.69, 9.17) is 26.3 Å². The predicted octanol–water partition coefficient (Wildman–Crippen LogP) is 4.43. The summed E-state index contributed by atoms with van der Waals surface area (Å²) in [7, 11) is 1.70. The van der Waals surface area contributed by atoms with Crippen LogP contribution in [-0.4, -0.2) is 54.2 Å². The highest BCUT2D eigenvalue weighted by Gasteiger charge is 2.21. The van der Waals surface area contributed by atoms with Crippen LogP contribution in [0.4, 0.5) is 11.8 Å². The maximum atomic E-state index is 6.19. The van der Waals surface area contributed by atoms with E-state index >= 15 is 0 Å². The van der Waals surface area contributed by atoms with Crippen LogP contribution in [0.5, 0.6) is 5.75 Å². The SMILES string of the molecule is COc1ccc(Cl)cc1CN1CCN(c2nc(NC(C)C)c3ccccc3n2)CC1. The van der Waals surface area contributed by atoms with Gasteiger partial charge in [0.2, 0.25) is 5.95 Å². The number of nitrogens with zero attached hydrogens (tertiary/aromatic N) is 4. The Balaban J connectivity index is 1.49. The monoisotopic (exact) mass is 425 g/mol. The Hall–Kier alpha value is -2.57. The lowest BCUT2D eigenvalue weighted by atomic mass is 10.1. The third-order valence-corrected chi connectivity index (χ3v) is 5.54. The van der Waals surface area contributed by atoms with Crippen molar-refractivity contribution in [1.29, 1.82) is 0 Å². The van der Waals surface area contributed by atoms with Crippen LogP contribution in [-0.2, 0) is 6.54 Å². The Morgan fingerprint density at radius 3 is 2.57 bits per heavy atom. The van der Waals surface area contributed by atoms with Crippen LogP contribution in [0.25, 0.3) is 10.9 Å². The van der Waals surface area contributed by atoms with Crippen LogP contribution in [0.15, 0.2) is 42.5 Å². The molecule has 0 spiro atoms. The number of benzene rings is 2. The van der Waals surface area contributed by atoms with E-state index in [1.165, 1.54) is 0 Å². The van der Waals surface area contributed by atoms with E-state index < -0.39 is 0 Å². The number of rotatable bonds is 6. The van der Waals surface area contributed by atoms with Crippen molar-refractivity contribution >= 4 is 34.3 Å². The van der Waals surface area contributed by atoms with Gasteiger partial charge in [0, 0.05) is 54.7 Å². The highest BCUT2D eigenvalue weighted by atomic mass is 35.5. The largest absolute Gasteiger partial charge is 0.496 e. The Morgan fingerprint density at radius 1 is 1.07 bits per heavy atom. The molecule has 7 heteroatoms. The van der Waals surface area contributed by atoms with Gasteiger partial charge in [0.05, 0.1) is 12.6 Å². The molecule has 2 aromatic carbocycles. The summed E-state index contributed by atoms with van der Waals surface area (Å²) >= 11 is 6.19. The molecule has 6 nitrogen and oxygen atoms in total. The van der Waals surface area contributed by atoms with E-state index in [1.54, 1.807) is 7.11 Å². The number of para-hydroxylation sites is 1. The molecule has 0 bridgehead atoms. The molecule has 1 saturated heterocycles. The second kappa shape index (κ2) is 9.06. The van der Waals surface area contributed by atoms with Crippen LogP contribution >= 0.6 is 11.6 Å². The minimum Gasteiger partial charge on any atom is -0.496 e. The van der Waals surface area contributed by atoms with Gasteiger partial charge in [0.1, 0.15) is 11.6 Å². The van der Waals surface area contributed by atoms with E-state index in [0.29, 0.717) is 6.04 Å². The molecule has 3 aromatic rings. The summed E-state index contributed by atoms with van der Waals surface area (Å²) < 4.78 is 5.50. The molecule has 0 amide bonds. The second-order valence-corrected chi connectivity index (χ2v) is 8.34. The topological polar surface area (TPSA) is 53.5 Å². The van der Waals surface area contributed by atoms with Crippen molar-refractivity contribution in [2.45, 2.75) is 26.4 Å². The first-order chi connectivity index (χ1) is 14.5. The standard InChI is InChI=1S/C23H28ClN5O/c1-16(2)25-22-19-6-4-5-7-20(19)26-23(27-22)29-12-10-28(11-13-29)15-17-14-18(24)8-9-21(17)30-3/h4-9,14,16H,10-13,15H2,1-3H3,(H,25,26,27). The van der Waals surface area contributed by atoms with Crippen LogP contribution in [0.3, 0.4) is 0 Å². The fraction of sp³-hybridized carbons (Fsp3) is 0.391. The highest BCUT2D eigenvalue weighted by molar-refractivity contribution is 6.30. The first-order valence-electron chi connectivity index (χ1n) is 10.4. The van der Waals surface area contributed by atoms with Gasteiger partial charge in [-0.05, 0) is 44.2 Å². The van der Waals surface area contributed by atoms with E-state index in [-0.39, 0.29) is 0 Å².